The minimum absolute atomic E-state index is 0.0404. The fraction of sp³-hybridized carbons (Fsp3) is 0.419. The lowest BCUT2D eigenvalue weighted by Crippen LogP contribution is -2.37. The minimum atomic E-state index is -0.878. The van der Waals surface area contributed by atoms with Crippen molar-refractivity contribution in [1.82, 2.24) is 15.6 Å². The predicted molar refractivity (Wildman–Crippen MR) is 151 cm³/mol. The maximum Gasteiger partial charge on any atom is 0.407 e. The molecule has 0 bridgehead atoms. The first-order valence-corrected chi connectivity index (χ1v) is 13.5. The zero-order chi connectivity index (χ0) is 28.0. The average Bonchev–Trinajstić information content (AvgIpc) is 2.89. The zero-order valence-electron chi connectivity index (χ0n) is 22.8. The van der Waals surface area contributed by atoms with E-state index in [9.17, 15) is 14.4 Å². The molecule has 0 spiro atoms. The highest BCUT2D eigenvalue weighted by molar-refractivity contribution is 6.07. The van der Waals surface area contributed by atoms with Gasteiger partial charge in [0.15, 0.2) is 0 Å². The van der Waals surface area contributed by atoms with Crippen LogP contribution >= 0.6 is 0 Å². The number of rotatable bonds is 8. The van der Waals surface area contributed by atoms with Gasteiger partial charge in [-0.05, 0) is 76.0 Å². The van der Waals surface area contributed by atoms with Crippen molar-refractivity contribution >= 4 is 28.9 Å². The van der Waals surface area contributed by atoms with Crippen molar-refractivity contribution in [3.63, 3.8) is 0 Å². The quantitative estimate of drug-likeness (QED) is 0.349. The standard InChI is InChI=1S/C31H37N3O5/c1-31(2,3)39-30(38)33-19-22-10-8-21(9-11-22)18-32-29(37)25-17-27(34-26-7-5-4-6-24(25)26)23-14-12-20(13-15-23)16-28(35)36/h4-7,12-15,17,21-22H,8-11,16,18-19H2,1-3H3,(H,32,37)(H,33,38)(H,35,36). The molecule has 0 atom stereocenters. The number of carbonyl (C=O) groups is 3. The van der Waals surface area contributed by atoms with E-state index in [0.29, 0.717) is 41.7 Å². The summed E-state index contributed by atoms with van der Waals surface area (Å²) in [6.07, 6.45) is 3.56. The molecule has 0 unspecified atom stereocenters. The number of alkyl carbamates (subject to hydrolysis) is 1. The highest BCUT2D eigenvalue weighted by atomic mass is 16.6. The molecule has 0 radical (unpaired) electrons. The molecule has 8 heteroatoms. The number of aliphatic carboxylic acids is 1. The van der Waals surface area contributed by atoms with Crippen LogP contribution in [0.2, 0.25) is 0 Å². The summed E-state index contributed by atoms with van der Waals surface area (Å²) in [5.41, 5.74) is 2.99. The lowest BCUT2D eigenvalue weighted by Gasteiger charge is -2.29. The number of amides is 2. The van der Waals surface area contributed by atoms with Gasteiger partial charge in [-0.1, -0.05) is 42.5 Å². The van der Waals surface area contributed by atoms with Crippen molar-refractivity contribution in [3.8, 4) is 11.3 Å². The Morgan fingerprint density at radius 3 is 2.15 bits per heavy atom. The summed E-state index contributed by atoms with van der Waals surface area (Å²) >= 11 is 0. The summed E-state index contributed by atoms with van der Waals surface area (Å²) in [6, 6.07) is 16.6. The Kier molecular flexibility index (Phi) is 8.84. The van der Waals surface area contributed by atoms with Crippen molar-refractivity contribution in [2.24, 2.45) is 11.8 Å². The minimum Gasteiger partial charge on any atom is -0.481 e. The summed E-state index contributed by atoms with van der Waals surface area (Å²) < 4.78 is 5.32. The van der Waals surface area contributed by atoms with E-state index in [4.69, 9.17) is 14.8 Å². The fourth-order valence-corrected chi connectivity index (χ4v) is 4.99. The first kappa shape index (κ1) is 28.1. The summed E-state index contributed by atoms with van der Waals surface area (Å²) in [7, 11) is 0. The second kappa shape index (κ2) is 12.3. The summed E-state index contributed by atoms with van der Waals surface area (Å²) in [5.74, 6) is -0.207. The monoisotopic (exact) mass is 531 g/mol. The van der Waals surface area contributed by atoms with Gasteiger partial charge in [-0.25, -0.2) is 9.78 Å². The van der Waals surface area contributed by atoms with Gasteiger partial charge in [0, 0.05) is 24.0 Å². The van der Waals surface area contributed by atoms with Crippen molar-refractivity contribution in [2.75, 3.05) is 13.1 Å². The molecular weight excluding hydrogens is 494 g/mol. The van der Waals surface area contributed by atoms with Gasteiger partial charge in [0.05, 0.1) is 23.2 Å². The van der Waals surface area contributed by atoms with E-state index in [0.717, 1.165) is 42.1 Å². The molecule has 1 aliphatic rings. The zero-order valence-corrected chi connectivity index (χ0v) is 22.8. The number of nitrogens with one attached hydrogen (secondary N) is 2. The summed E-state index contributed by atoms with van der Waals surface area (Å²) in [5, 5.41) is 15.8. The smallest absolute Gasteiger partial charge is 0.407 e. The van der Waals surface area contributed by atoms with Gasteiger partial charge in [0.2, 0.25) is 0 Å². The molecule has 1 aromatic heterocycles. The number of carbonyl (C=O) groups excluding carboxylic acids is 2. The Morgan fingerprint density at radius 1 is 0.923 bits per heavy atom. The van der Waals surface area contributed by atoms with Crippen LogP contribution in [0.15, 0.2) is 54.6 Å². The van der Waals surface area contributed by atoms with Gasteiger partial charge < -0.3 is 20.5 Å². The van der Waals surface area contributed by atoms with Crippen LogP contribution in [-0.2, 0) is 16.0 Å². The number of para-hydroxylation sites is 1. The molecule has 2 aromatic carbocycles. The summed E-state index contributed by atoms with van der Waals surface area (Å²) in [6.45, 7) is 6.76. The van der Waals surface area contributed by atoms with Gasteiger partial charge in [-0.2, -0.15) is 0 Å². The number of benzene rings is 2. The Balaban J connectivity index is 1.36. The molecule has 2 amide bonds. The molecule has 4 rings (SSSR count). The van der Waals surface area contributed by atoms with E-state index in [2.05, 4.69) is 10.6 Å². The van der Waals surface area contributed by atoms with Crippen molar-refractivity contribution in [2.45, 2.75) is 58.5 Å². The molecule has 206 valence electrons. The van der Waals surface area contributed by atoms with Crippen LogP contribution in [0.4, 0.5) is 4.79 Å². The van der Waals surface area contributed by atoms with Crippen LogP contribution in [0.5, 0.6) is 0 Å². The number of aromatic nitrogens is 1. The number of hydrogen-bond donors (Lipinski definition) is 3. The predicted octanol–water partition coefficient (Wildman–Crippen LogP) is 5.59. The fourth-order valence-electron chi connectivity index (χ4n) is 4.99. The molecule has 1 saturated carbocycles. The molecule has 1 heterocycles. The first-order valence-electron chi connectivity index (χ1n) is 13.5. The maximum absolute atomic E-state index is 13.4. The molecule has 8 nitrogen and oxygen atoms in total. The molecule has 1 aliphatic carbocycles. The van der Waals surface area contributed by atoms with Crippen molar-refractivity contribution < 1.29 is 24.2 Å². The molecule has 0 aliphatic heterocycles. The molecule has 3 N–H and O–H groups in total. The number of hydrogen-bond acceptors (Lipinski definition) is 5. The molecule has 0 saturated heterocycles. The van der Waals surface area contributed by atoms with Crippen LogP contribution in [-0.4, -0.2) is 46.8 Å². The van der Waals surface area contributed by atoms with Crippen LogP contribution in [0.3, 0.4) is 0 Å². The molecular formula is C31H37N3O5. The number of fused-ring (bicyclic) bond motifs is 1. The Labute approximate surface area is 229 Å². The van der Waals surface area contributed by atoms with Gasteiger partial charge in [0.1, 0.15) is 5.60 Å². The van der Waals surface area contributed by atoms with Gasteiger partial charge >= 0.3 is 12.1 Å². The van der Waals surface area contributed by atoms with Crippen molar-refractivity contribution in [1.29, 1.82) is 0 Å². The number of nitrogens with zero attached hydrogens (tertiary/aromatic N) is 1. The van der Waals surface area contributed by atoms with Crippen LogP contribution in [0, 0.1) is 11.8 Å². The third-order valence-corrected chi connectivity index (χ3v) is 7.02. The number of carboxylic acid groups (broad SMARTS) is 1. The van der Waals surface area contributed by atoms with Gasteiger partial charge in [-0.15, -0.1) is 0 Å². The SMILES string of the molecule is CC(C)(C)OC(=O)NCC1CCC(CNC(=O)c2cc(-c3ccc(CC(=O)O)cc3)nc3ccccc23)CC1. The first-order chi connectivity index (χ1) is 18.6. The van der Waals surface area contributed by atoms with E-state index in [1.54, 1.807) is 12.1 Å². The molecule has 3 aromatic rings. The van der Waals surface area contributed by atoms with Crippen molar-refractivity contribution in [3.05, 3.63) is 65.7 Å². The van der Waals surface area contributed by atoms with E-state index in [1.807, 2.05) is 63.2 Å². The average molecular weight is 532 g/mol. The second-order valence-corrected chi connectivity index (χ2v) is 11.3. The van der Waals surface area contributed by atoms with Gasteiger partial charge in [0.25, 0.3) is 5.91 Å². The number of pyridine rings is 1. The third-order valence-electron chi connectivity index (χ3n) is 7.02. The topological polar surface area (TPSA) is 118 Å². The van der Waals surface area contributed by atoms with E-state index in [1.165, 1.54) is 0 Å². The number of ether oxygens (including phenoxy) is 1. The Morgan fingerprint density at radius 2 is 1.54 bits per heavy atom. The third kappa shape index (κ3) is 8.02. The Bertz CT molecular complexity index is 1320. The highest BCUT2D eigenvalue weighted by Gasteiger charge is 2.24. The summed E-state index contributed by atoms with van der Waals surface area (Å²) in [4.78, 5) is 41.0. The maximum atomic E-state index is 13.4. The van der Waals surface area contributed by atoms with Crippen LogP contribution < -0.4 is 10.6 Å². The largest absolute Gasteiger partial charge is 0.481 e. The normalized spacial score (nSPS) is 17.4. The van der Waals surface area contributed by atoms with E-state index >= 15 is 0 Å². The van der Waals surface area contributed by atoms with Gasteiger partial charge in [-0.3, -0.25) is 9.59 Å². The van der Waals surface area contributed by atoms with E-state index in [-0.39, 0.29) is 18.4 Å². The van der Waals surface area contributed by atoms with Crippen LogP contribution in [0.1, 0.15) is 62.4 Å². The lowest BCUT2D eigenvalue weighted by atomic mass is 9.82. The highest BCUT2D eigenvalue weighted by Crippen LogP contribution is 2.29. The Hall–Kier alpha value is -3.94. The molecule has 39 heavy (non-hydrogen) atoms. The lowest BCUT2D eigenvalue weighted by molar-refractivity contribution is -0.136. The van der Waals surface area contributed by atoms with E-state index < -0.39 is 11.6 Å². The van der Waals surface area contributed by atoms with Crippen LogP contribution in [0.25, 0.3) is 22.2 Å². The molecule has 1 fully saturated rings. The second-order valence-electron chi connectivity index (χ2n) is 11.3. The number of carboxylic acids is 1.